The summed E-state index contributed by atoms with van der Waals surface area (Å²) in [6.45, 7) is 2.79. The van der Waals surface area contributed by atoms with Crippen molar-refractivity contribution in [2.45, 2.75) is 57.7 Å². The molecule has 1 saturated heterocycles. The van der Waals surface area contributed by atoms with Crippen LogP contribution in [0.25, 0.3) is 22.6 Å². The number of hydrogen-bond donors (Lipinski definition) is 3. The minimum Gasteiger partial charge on any atom is -0.469 e. The highest BCUT2D eigenvalue weighted by Crippen LogP contribution is 2.31. The van der Waals surface area contributed by atoms with Crippen molar-refractivity contribution in [2.75, 3.05) is 25.5 Å². The van der Waals surface area contributed by atoms with Gasteiger partial charge in [0, 0.05) is 33.8 Å². The standard InChI is InChI=1S/C33H36F2IN7O3/c1-46-32(45)23-6-2-3-7-27(23)41-31(44)21-9-10-22(26(36)14-21)29-40-28-17-39-33(38-16-19-8-11-24(34)25(35)13-19)42-30(28)43(29)18-20-5-4-12-37-15-20/h8-11,13-14,17,20,23,27,37H,2-7,12,15-16,18H2,1H3,(H,41,44)(H,38,39,42)/t20-,23-,27-/m1/s1. The Hall–Kier alpha value is -3.72. The van der Waals surface area contributed by atoms with Gasteiger partial charge in [0.2, 0.25) is 5.95 Å². The molecule has 2 aromatic carbocycles. The predicted molar refractivity (Wildman–Crippen MR) is 178 cm³/mol. The van der Waals surface area contributed by atoms with Crippen LogP contribution in [0.15, 0.2) is 42.6 Å². The number of imidazole rings is 1. The topological polar surface area (TPSA) is 123 Å². The molecule has 0 radical (unpaired) electrons. The van der Waals surface area contributed by atoms with E-state index in [1.54, 1.807) is 12.3 Å². The van der Waals surface area contributed by atoms with E-state index in [9.17, 15) is 18.4 Å². The van der Waals surface area contributed by atoms with Gasteiger partial charge >= 0.3 is 5.97 Å². The molecule has 1 amide bonds. The summed E-state index contributed by atoms with van der Waals surface area (Å²) in [6.07, 6.45) is 7.14. The summed E-state index contributed by atoms with van der Waals surface area (Å²) < 4.78 is 35.1. The number of benzene rings is 2. The van der Waals surface area contributed by atoms with Gasteiger partial charge in [-0.05, 0) is 103 Å². The summed E-state index contributed by atoms with van der Waals surface area (Å²) >= 11 is 2.23. The van der Waals surface area contributed by atoms with Gasteiger partial charge in [-0.1, -0.05) is 18.9 Å². The fourth-order valence-corrected chi connectivity index (χ4v) is 7.13. The summed E-state index contributed by atoms with van der Waals surface area (Å²) in [6, 6.07) is 9.04. The molecular formula is C33H36F2IN7O3. The molecule has 13 heteroatoms. The molecule has 6 rings (SSSR count). The number of esters is 1. The number of fused-ring (bicyclic) bond motifs is 1. The summed E-state index contributed by atoms with van der Waals surface area (Å²) in [5, 5.41) is 9.67. The lowest BCUT2D eigenvalue weighted by Crippen LogP contribution is -2.45. The first-order valence-corrected chi connectivity index (χ1v) is 16.7. The summed E-state index contributed by atoms with van der Waals surface area (Å²) in [4.78, 5) is 39.8. The van der Waals surface area contributed by atoms with Gasteiger partial charge in [0.25, 0.3) is 5.91 Å². The highest BCUT2D eigenvalue weighted by molar-refractivity contribution is 14.1. The van der Waals surface area contributed by atoms with Crippen LogP contribution < -0.4 is 16.0 Å². The zero-order valence-corrected chi connectivity index (χ0v) is 27.6. The second-order valence-electron chi connectivity index (χ2n) is 12.0. The normalized spacial score (nSPS) is 20.0. The maximum Gasteiger partial charge on any atom is 0.310 e. The van der Waals surface area contributed by atoms with Gasteiger partial charge < -0.3 is 25.3 Å². The van der Waals surface area contributed by atoms with Crippen LogP contribution in [0.2, 0.25) is 0 Å². The van der Waals surface area contributed by atoms with Crippen LogP contribution in [0.5, 0.6) is 0 Å². The first kappa shape index (κ1) is 32.2. The lowest BCUT2D eigenvalue weighted by Gasteiger charge is -2.30. The number of methoxy groups -OCH3 is 1. The summed E-state index contributed by atoms with van der Waals surface area (Å²) in [7, 11) is 1.38. The van der Waals surface area contributed by atoms with Crippen molar-refractivity contribution >= 4 is 51.6 Å². The number of rotatable bonds is 9. The van der Waals surface area contributed by atoms with E-state index in [0.717, 1.165) is 72.3 Å². The molecule has 242 valence electrons. The van der Waals surface area contributed by atoms with Crippen LogP contribution in [-0.4, -0.2) is 57.6 Å². The number of carbonyl (C=O) groups is 2. The Morgan fingerprint density at radius 2 is 1.91 bits per heavy atom. The molecule has 10 nitrogen and oxygen atoms in total. The highest BCUT2D eigenvalue weighted by atomic mass is 127. The summed E-state index contributed by atoms with van der Waals surface area (Å²) in [5.41, 5.74) is 3.21. The van der Waals surface area contributed by atoms with Crippen LogP contribution in [0, 0.1) is 27.0 Å². The van der Waals surface area contributed by atoms with Crippen LogP contribution in [-0.2, 0) is 22.6 Å². The molecule has 2 aliphatic rings. The average Bonchev–Trinajstić information content (AvgIpc) is 3.42. The molecule has 0 spiro atoms. The molecule has 0 bridgehead atoms. The maximum absolute atomic E-state index is 13.7. The maximum atomic E-state index is 13.7. The fraction of sp³-hybridized carbons (Fsp3) is 0.424. The van der Waals surface area contributed by atoms with E-state index in [4.69, 9.17) is 14.7 Å². The fourth-order valence-electron chi connectivity index (χ4n) is 6.38. The quantitative estimate of drug-likeness (QED) is 0.153. The van der Waals surface area contributed by atoms with Crippen LogP contribution >= 0.6 is 22.6 Å². The Kier molecular flexibility index (Phi) is 10.1. The first-order chi connectivity index (χ1) is 22.3. The van der Waals surface area contributed by atoms with E-state index in [-0.39, 0.29) is 30.4 Å². The average molecular weight is 744 g/mol. The van der Waals surface area contributed by atoms with Crippen molar-refractivity contribution in [3.63, 3.8) is 0 Å². The molecule has 2 aromatic heterocycles. The van der Waals surface area contributed by atoms with Gasteiger partial charge in [0.1, 0.15) is 11.3 Å². The molecule has 3 heterocycles. The van der Waals surface area contributed by atoms with E-state index in [0.29, 0.717) is 47.1 Å². The Balaban J connectivity index is 1.28. The minimum absolute atomic E-state index is 0.221. The van der Waals surface area contributed by atoms with E-state index in [1.165, 1.54) is 13.2 Å². The number of halogens is 3. The molecule has 4 aromatic rings. The SMILES string of the molecule is COC(=O)[C@@H]1CCCC[C@H]1NC(=O)c1ccc(-c2nc3cnc(NCc4ccc(F)c(F)c4)nc3n2C[C@@H]2CCCNC2)c(I)c1. The Morgan fingerprint density at radius 3 is 2.67 bits per heavy atom. The van der Waals surface area contributed by atoms with Gasteiger partial charge in [-0.15, -0.1) is 0 Å². The Morgan fingerprint density at radius 1 is 1.07 bits per heavy atom. The van der Waals surface area contributed by atoms with Crippen LogP contribution in [0.4, 0.5) is 14.7 Å². The van der Waals surface area contributed by atoms with E-state index >= 15 is 0 Å². The van der Waals surface area contributed by atoms with Gasteiger partial charge in [-0.25, -0.2) is 18.7 Å². The largest absolute Gasteiger partial charge is 0.469 e. The zero-order chi connectivity index (χ0) is 32.2. The number of piperidine rings is 1. The first-order valence-electron chi connectivity index (χ1n) is 15.6. The Bertz CT molecular complexity index is 1740. The van der Waals surface area contributed by atoms with Crippen LogP contribution in [0.1, 0.15) is 54.4 Å². The number of hydrogen-bond acceptors (Lipinski definition) is 8. The van der Waals surface area contributed by atoms with Crippen molar-refractivity contribution in [3.8, 4) is 11.4 Å². The molecule has 3 N–H and O–H groups in total. The second-order valence-corrected chi connectivity index (χ2v) is 13.1. The number of ether oxygens (including phenoxy) is 1. The third-order valence-corrected chi connectivity index (χ3v) is 9.71. The third-order valence-electron chi connectivity index (χ3n) is 8.82. The number of carbonyl (C=O) groups excluding carboxylic acids is 2. The highest BCUT2D eigenvalue weighted by Gasteiger charge is 2.33. The summed E-state index contributed by atoms with van der Waals surface area (Å²) in [5.74, 6) is -1.20. The van der Waals surface area contributed by atoms with Gasteiger partial charge in [0.15, 0.2) is 17.3 Å². The number of aromatic nitrogens is 4. The Labute approximate surface area is 279 Å². The third kappa shape index (κ3) is 7.14. The van der Waals surface area contributed by atoms with Crippen LogP contribution in [0.3, 0.4) is 0 Å². The van der Waals surface area contributed by atoms with E-state index in [1.807, 2.05) is 12.1 Å². The zero-order valence-electron chi connectivity index (χ0n) is 25.5. The van der Waals surface area contributed by atoms with E-state index < -0.39 is 11.6 Å². The molecule has 46 heavy (non-hydrogen) atoms. The number of nitrogens with zero attached hydrogens (tertiary/aromatic N) is 4. The number of nitrogens with one attached hydrogen (secondary N) is 3. The number of anilines is 1. The lowest BCUT2D eigenvalue weighted by atomic mass is 9.84. The van der Waals surface area contributed by atoms with Crippen molar-refractivity contribution in [1.82, 2.24) is 30.2 Å². The van der Waals surface area contributed by atoms with Gasteiger partial charge in [-0.2, -0.15) is 4.98 Å². The smallest absolute Gasteiger partial charge is 0.310 e. The van der Waals surface area contributed by atoms with Gasteiger partial charge in [-0.3, -0.25) is 9.59 Å². The monoisotopic (exact) mass is 743 g/mol. The molecule has 0 unspecified atom stereocenters. The molecule has 1 saturated carbocycles. The van der Waals surface area contributed by atoms with Crippen molar-refractivity contribution in [3.05, 3.63) is 68.9 Å². The second kappa shape index (κ2) is 14.4. The van der Waals surface area contributed by atoms with Crippen molar-refractivity contribution in [2.24, 2.45) is 11.8 Å². The predicted octanol–water partition coefficient (Wildman–Crippen LogP) is 5.45. The number of amides is 1. The van der Waals surface area contributed by atoms with Gasteiger partial charge in [0.05, 0.1) is 19.2 Å². The molecule has 1 aliphatic carbocycles. The van der Waals surface area contributed by atoms with E-state index in [2.05, 4.69) is 48.1 Å². The molecule has 1 aliphatic heterocycles. The van der Waals surface area contributed by atoms with Crippen molar-refractivity contribution < 1.29 is 23.1 Å². The lowest BCUT2D eigenvalue weighted by molar-refractivity contribution is -0.147. The molecule has 2 fully saturated rings. The van der Waals surface area contributed by atoms with Crippen molar-refractivity contribution in [1.29, 1.82) is 0 Å². The minimum atomic E-state index is -0.906. The molecular weight excluding hydrogens is 707 g/mol. The molecule has 3 atom stereocenters.